The SMILES string of the molecule is CC[NH2+]CC[n+]1c[nH]c2ccccc21.O=C([O-])C(=O)O.O=C([O-])C(=O)O. The fraction of sp³-hybridized carbons (Fsp3) is 0.267. The first-order chi connectivity index (χ1) is 12.2. The average Bonchev–Trinajstić information content (AvgIpc) is 2.99. The summed E-state index contributed by atoms with van der Waals surface area (Å²) in [6, 6.07) is 8.39. The van der Waals surface area contributed by atoms with E-state index in [1.54, 1.807) is 0 Å². The first kappa shape index (κ1) is 22.5. The molecule has 0 radical (unpaired) electrons. The van der Waals surface area contributed by atoms with Gasteiger partial charge in [0.1, 0.15) is 13.1 Å². The summed E-state index contributed by atoms with van der Waals surface area (Å²) in [5.74, 6) is -8.02. The monoisotopic (exact) mass is 369 g/mol. The molecule has 11 nitrogen and oxygen atoms in total. The van der Waals surface area contributed by atoms with Gasteiger partial charge in [-0.25, -0.2) is 19.1 Å². The van der Waals surface area contributed by atoms with E-state index >= 15 is 0 Å². The smallest absolute Gasteiger partial charge is 0.351 e. The number of quaternary nitrogens is 1. The highest BCUT2D eigenvalue weighted by Crippen LogP contribution is 2.04. The van der Waals surface area contributed by atoms with E-state index in [1.165, 1.54) is 11.0 Å². The van der Waals surface area contributed by atoms with Crippen LogP contribution in [0.4, 0.5) is 0 Å². The lowest BCUT2D eigenvalue weighted by Gasteiger charge is -1.96. The van der Waals surface area contributed by atoms with Crippen LogP contribution in [0.2, 0.25) is 0 Å². The molecule has 0 amide bonds. The van der Waals surface area contributed by atoms with Crippen molar-refractivity contribution in [2.24, 2.45) is 0 Å². The number of aromatic nitrogens is 2. The second-order valence-electron chi connectivity index (χ2n) is 4.65. The highest BCUT2D eigenvalue weighted by Gasteiger charge is 2.07. The fourth-order valence-corrected chi connectivity index (χ4v) is 1.68. The number of carbonyl (C=O) groups is 4. The van der Waals surface area contributed by atoms with E-state index in [2.05, 4.69) is 46.1 Å². The lowest BCUT2D eigenvalue weighted by atomic mass is 10.3. The van der Waals surface area contributed by atoms with Crippen LogP contribution in [-0.2, 0) is 25.7 Å². The minimum atomic E-state index is -2.07. The number of carboxylic acid groups (broad SMARTS) is 4. The highest BCUT2D eigenvalue weighted by atomic mass is 16.4. The molecule has 0 fully saturated rings. The van der Waals surface area contributed by atoms with Crippen LogP contribution in [0.25, 0.3) is 11.0 Å². The number of imidazole rings is 1. The maximum atomic E-state index is 9.04. The summed E-state index contributed by atoms with van der Waals surface area (Å²) in [7, 11) is 0. The lowest BCUT2D eigenvalue weighted by molar-refractivity contribution is -0.737. The van der Waals surface area contributed by atoms with E-state index < -0.39 is 23.9 Å². The standard InChI is InChI=1S/C11H15N3.2C2H2O4/c1-2-12-7-8-14-9-13-10-5-3-4-6-11(10)14;2*3-1(4)2(5)6/h3-6,9,12H,2,7-8H2,1H3;2*(H,3,4)(H,5,6). The maximum absolute atomic E-state index is 9.04. The van der Waals surface area contributed by atoms with Crippen LogP contribution in [-0.4, -0.2) is 52.2 Å². The number of benzene rings is 1. The highest BCUT2D eigenvalue weighted by molar-refractivity contribution is 6.26. The number of para-hydroxylation sites is 2. The van der Waals surface area contributed by atoms with Gasteiger partial charge < -0.3 is 35.3 Å². The van der Waals surface area contributed by atoms with Gasteiger partial charge in [0, 0.05) is 0 Å². The number of nitrogens with two attached hydrogens (primary N) is 1. The van der Waals surface area contributed by atoms with Gasteiger partial charge in [-0.2, -0.15) is 0 Å². The van der Waals surface area contributed by atoms with Crippen LogP contribution < -0.4 is 20.1 Å². The largest absolute Gasteiger partial charge is 0.539 e. The molecular weight excluding hydrogens is 350 g/mol. The summed E-state index contributed by atoms with van der Waals surface area (Å²) in [6.07, 6.45) is 2.05. The van der Waals surface area contributed by atoms with Crippen LogP contribution in [0.1, 0.15) is 6.92 Å². The molecule has 1 aromatic carbocycles. The molecule has 0 atom stereocenters. The molecule has 2 aromatic rings. The fourth-order valence-electron chi connectivity index (χ4n) is 1.68. The number of hydrogen-bond acceptors (Lipinski definition) is 6. The molecule has 0 spiro atoms. The van der Waals surface area contributed by atoms with Gasteiger partial charge in [0.2, 0.25) is 6.33 Å². The molecule has 0 saturated carbocycles. The Kier molecular flexibility index (Phi) is 10.4. The molecule has 0 saturated heterocycles. The zero-order valence-corrected chi connectivity index (χ0v) is 13.9. The molecule has 0 unspecified atom stereocenters. The number of carbonyl (C=O) groups excluding carboxylic acids is 2. The van der Waals surface area contributed by atoms with Crippen molar-refractivity contribution < 1.29 is 49.5 Å². The Labute approximate surface area is 147 Å². The van der Waals surface area contributed by atoms with E-state index in [1.807, 2.05) is 6.33 Å². The third kappa shape index (κ3) is 8.98. The normalized spacial score (nSPS) is 9.27. The van der Waals surface area contributed by atoms with Crippen molar-refractivity contribution in [3.63, 3.8) is 0 Å². The van der Waals surface area contributed by atoms with Gasteiger partial charge in [-0.15, -0.1) is 0 Å². The predicted molar refractivity (Wildman–Crippen MR) is 81.1 cm³/mol. The maximum Gasteiger partial charge on any atom is 0.351 e. The van der Waals surface area contributed by atoms with Crippen molar-refractivity contribution in [2.45, 2.75) is 13.5 Å². The Hall–Kier alpha value is -3.47. The first-order valence-corrected chi connectivity index (χ1v) is 7.36. The topological polar surface area (TPSA) is 191 Å². The molecule has 26 heavy (non-hydrogen) atoms. The van der Waals surface area contributed by atoms with E-state index in [9.17, 15) is 0 Å². The first-order valence-electron chi connectivity index (χ1n) is 7.36. The van der Waals surface area contributed by atoms with Gasteiger partial charge in [-0.05, 0) is 19.1 Å². The zero-order valence-electron chi connectivity index (χ0n) is 13.9. The van der Waals surface area contributed by atoms with Crippen molar-refractivity contribution in [1.29, 1.82) is 0 Å². The molecule has 0 aliphatic rings. The zero-order chi connectivity index (χ0) is 20.1. The number of aliphatic carboxylic acids is 4. The third-order valence-electron chi connectivity index (χ3n) is 2.80. The molecule has 1 heterocycles. The predicted octanol–water partition coefficient (Wildman–Crippen LogP) is -4.32. The summed E-state index contributed by atoms with van der Waals surface area (Å²) in [4.78, 5) is 39.3. The van der Waals surface area contributed by atoms with Gasteiger partial charge in [0.25, 0.3) is 0 Å². The number of nitrogens with zero attached hydrogens (tertiary/aromatic N) is 1. The molecule has 2 rings (SSSR count). The Balaban J connectivity index is 0.000000437. The summed E-state index contributed by atoms with van der Waals surface area (Å²) in [5, 5.41) is 34.9. The van der Waals surface area contributed by atoms with Crippen LogP contribution >= 0.6 is 0 Å². The minimum absolute atomic E-state index is 1.07. The summed E-state index contributed by atoms with van der Waals surface area (Å²) in [5.41, 5.74) is 2.50. The number of fused-ring (bicyclic) bond motifs is 1. The van der Waals surface area contributed by atoms with Crippen molar-refractivity contribution >= 4 is 34.9 Å². The Morgan fingerprint density at radius 3 is 2.04 bits per heavy atom. The quantitative estimate of drug-likeness (QED) is 0.236. The van der Waals surface area contributed by atoms with E-state index in [4.69, 9.17) is 39.6 Å². The number of nitrogens with one attached hydrogen (secondary N) is 1. The number of hydrogen-bond donors (Lipinski definition) is 4. The number of H-pyrrole nitrogens is 1. The molecule has 142 valence electrons. The van der Waals surface area contributed by atoms with Gasteiger partial charge >= 0.3 is 11.9 Å². The van der Waals surface area contributed by atoms with Gasteiger partial charge in [0.05, 0.1) is 6.54 Å². The van der Waals surface area contributed by atoms with Gasteiger partial charge in [-0.3, -0.25) is 0 Å². The molecular formula is C15H19N3O8. The van der Waals surface area contributed by atoms with Crippen LogP contribution in [0.15, 0.2) is 30.6 Å². The van der Waals surface area contributed by atoms with E-state index in [-0.39, 0.29) is 0 Å². The second kappa shape index (κ2) is 12.0. The number of aromatic amines is 1. The number of carboxylic acids is 4. The minimum Gasteiger partial charge on any atom is -0.539 e. The lowest BCUT2D eigenvalue weighted by Crippen LogP contribution is -2.85. The summed E-state index contributed by atoms with van der Waals surface area (Å²) in [6.45, 7) is 5.55. The average molecular weight is 369 g/mol. The molecule has 5 N–H and O–H groups in total. The van der Waals surface area contributed by atoms with Crippen LogP contribution in [0.5, 0.6) is 0 Å². The number of likely N-dealkylation sites (N-methyl/N-ethyl adjacent to an activating group) is 1. The van der Waals surface area contributed by atoms with Crippen molar-refractivity contribution in [1.82, 2.24) is 4.98 Å². The summed E-state index contributed by atoms with van der Waals surface area (Å²) < 4.78 is 2.27. The van der Waals surface area contributed by atoms with E-state index in [0.29, 0.717) is 0 Å². The number of rotatable bonds is 4. The molecule has 11 heteroatoms. The second-order valence-corrected chi connectivity index (χ2v) is 4.65. The van der Waals surface area contributed by atoms with Crippen molar-refractivity contribution in [3.8, 4) is 0 Å². The van der Waals surface area contributed by atoms with Crippen molar-refractivity contribution in [2.75, 3.05) is 13.1 Å². The van der Waals surface area contributed by atoms with Gasteiger partial charge in [-0.1, -0.05) is 12.1 Å². The van der Waals surface area contributed by atoms with Gasteiger partial charge in [0.15, 0.2) is 23.0 Å². The molecule has 0 bridgehead atoms. The van der Waals surface area contributed by atoms with E-state index in [0.717, 1.165) is 19.6 Å². The Morgan fingerprint density at radius 1 is 1.08 bits per heavy atom. The Bertz CT molecular complexity index is 708. The summed E-state index contributed by atoms with van der Waals surface area (Å²) >= 11 is 0. The Morgan fingerprint density at radius 2 is 1.58 bits per heavy atom. The van der Waals surface area contributed by atoms with Crippen LogP contribution in [0, 0.1) is 0 Å². The molecule has 0 aliphatic carbocycles. The third-order valence-corrected chi connectivity index (χ3v) is 2.80. The molecule has 1 aromatic heterocycles. The van der Waals surface area contributed by atoms with Crippen molar-refractivity contribution in [3.05, 3.63) is 30.6 Å². The molecule has 0 aliphatic heterocycles. The van der Waals surface area contributed by atoms with Crippen LogP contribution in [0.3, 0.4) is 0 Å².